The highest BCUT2D eigenvalue weighted by Crippen LogP contribution is 2.38. The predicted octanol–water partition coefficient (Wildman–Crippen LogP) is 10.4. The molecule has 0 heterocycles. The lowest BCUT2D eigenvalue weighted by molar-refractivity contribution is -0.870. The van der Waals surface area contributed by atoms with E-state index in [1.165, 1.54) is 64.2 Å². The number of carbonyl (C=O) groups excluding carboxylic acids is 2. The molecule has 0 aliphatic rings. The van der Waals surface area contributed by atoms with Crippen molar-refractivity contribution in [3.05, 3.63) is 24.3 Å². The number of likely N-dealkylation sites (N-methyl/N-ethyl adjacent to an activating group) is 1. The van der Waals surface area contributed by atoms with Crippen LogP contribution in [0.2, 0.25) is 0 Å². The van der Waals surface area contributed by atoms with Crippen molar-refractivity contribution < 1.29 is 52.2 Å². The first-order valence-corrected chi connectivity index (χ1v) is 22.8. The molecule has 54 heavy (non-hydrogen) atoms. The van der Waals surface area contributed by atoms with Crippen molar-refractivity contribution in [1.29, 1.82) is 0 Å². The highest BCUT2D eigenvalue weighted by atomic mass is 31.2. The van der Waals surface area contributed by atoms with Gasteiger partial charge >= 0.3 is 11.9 Å². The molecule has 0 saturated heterocycles. The van der Waals surface area contributed by atoms with Gasteiger partial charge in [0.15, 0.2) is 6.10 Å². The summed E-state index contributed by atoms with van der Waals surface area (Å²) >= 11 is 0. The van der Waals surface area contributed by atoms with Gasteiger partial charge in [0.25, 0.3) is 7.82 Å². The summed E-state index contributed by atoms with van der Waals surface area (Å²) in [5.41, 5.74) is 0. The summed E-state index contributed by atoms with van der Waals surface area (Å²) < 4.78 is 33.8. The Balaban J connectivity index is 4.48. The molecule has 0 radical (unpaired) electrons. The quantitative estimate of drug-likeness (QED) is 0.0122. The van der Waals surface area contributed by atoms with Gasteiger partial charge in [-0.25, -0.2) is 4.89 Å². The molecule has 0 spiro atoms. The van der Waals surface area contributed by atoms with Crippen LogP contribution >= 0.6 is 7.82 Å². The van der Waals surface area contributed by atoms with Gasteiger partial charge in [0.2, 0.25) is 0 Å². The third kappa shape index (κ3) is 37.3. The van der Waals surface area contributed by atoms with Crippen LogP contribution in [0.4, 0.5) is 0 Å². The molecule has 12 heteroatoms. The summed E-state index contributed by atoms with van der Waals surface area (Å²) in [6.07, 6.45) is 32.3. The molecule has 0 aromatic heterocycles. The van der Waals surface area contributed by atoms with E-state index in [0.717, 1.165) is 77.0 Å². The van der Waals surface area contributed by atoms with Crippen molar-refractivity contribution in [2.24, 2.45) is 0 Å². The van der Waals surface area contributed by atoms with E-state index in [9.17, 15) is 19.0 Å². The van der Waals surface area contributed by atoms with Crippen LogP contribution in [0, 0.1) is 0 Å². The number of hydrogen-bond acceptors (Lipinski definition) is 10. The summed E-state index contributed by atoms with van der Waals surface area (Å²) in [6.45, 7) is 4.03. The Morgan fingerprint density at radius 3 is 1.76 bits per heavy atom. The van der Waals surface area contributed by atoms with Gasteiger partial charge in [-0.15, -0.1) is 0 Å². The molecule has 0 aliphatic heterocycles. The van der Waals surface area contributed by atoms with Crippen molar-refractivity contribution in [2.45, 2.75) is 187 Å². The molecule has 11 nitrogen and oxygen atoms in total. The van der Waals surface area contributed by atoms with Gasteiger partial charge in [-0.2, -0.15) is 0 Å². The first-order valence-electron chi connectivity index (χ1n) is 21.3. The third-order valence-electron chi connectivity index (χ3n) is 9.20. The highest BCUT2D eigenvalue weighted by molar-refractivity contribution is 7.45. The molecule has 0 aromatic rings. The van der Waals surface area contributed by atoms with Gasteiger partial charge in [-0.1, -0.05) is 154 Å². The Hall–Kier alpha value is -1.59. The molecule has 318 valence electrons. The minimum atomic E-state index is -4.64. The molecule has 0 aromatic carbocycles. The number of ether oxygens (including phenoxy) is 2. The van der Waals surface area contributed by atoms with Crippen LogP contribution in [0.3, 0.4) is 0 Å². The van der Waals surface area contributed by atoms with Gasteiger partial charge in [0.1, 0.15) is 25.9 Å². The molecule has 0 amide bonds. The van der Waals surface area contributed by atoms with E-state index < -0.39 is 32.5 Å². The number of allylic oxidation sites excluding steroid dienone is 3. The van der Waals surface area contributed by atoms with Crippen molar-refractivity contribution in [3.8, 4) is 0 Å². The topological polar surface area (TPSA) is 141 Å². The fraction of sp³-hybridized carbons (Fsp3) is 0.857. The number of carbonyl (C=O) groups is 2. The summed E-state index contributed by atoms with van der Waals surface area (Å²) in [4.78, 5) is 42.0. The summed E-state index contributed by atoms with van der Waals surface area (Å²) in [5, 5.41) is 9.02. The lowest BCUT2D eigenvalue weighted by atomic mass is 10.0. The molecular formula is C42H80NO10P. The van der Waals surface area contributed by atoms with Crippen LogP contribution < -0.4 is 4.89 Å². The van der Waals surface area contributed by atoms with Gasteiger partial charge in [-0.3, -0.25) is 19.4 Å². The normalized spacial score (nSPS) is 14.4. The Bertz CT molecular complexity index is 1000. The van der Waals surface area contributed by atoms with Crippen LogP contribution in [-0.2, 0) is 37.6 Å². The highest BCUT2D eigenvalue weighted by Gasteiger charge is 2.21. The van der Waals surface area contributed by atoms with Crippen LogP contribution in [0.25, 0.3) is 0 Å². The number of unbranched alkanes of at least 4 members (excludes halogenated alkanes) is 19. The molecule has 3 atom stereocenters. The fourth-order valence-corrected chi connectivity index (χ4v) is 6.48. The zero-order chi connectivity index (χ0) is 40.2. The standard InChI is InChI=1S/C42H80NO10P/c1-6-8-10-11-12-13-14-15-16-19-22-25-29-33-41(44)49-37-40(38-51-54(47,48)50-36-35-43(3,4)5)52-42(45)34-30-26-23-20-17-18-21-24-28-32-39(53-46)31-27-9-7-2/h21,24,28,32,39-40H,6-20,22-23,25-27,29-31,33-38H2,1-5H3,(H-,46,47,48)/b24-21+,32-28+/t39-,40+/m0/s1. The second-order valence-electron chi connectivity index (χ2n) is 15.6. The van der Waals surface area contributed by atoms with E-state index in [0.29, 0.717) is 17.4 Å². The molecule has 0 rings (SSSR count). The van der Waals surface area contributed by atoms with Crippen LogP contribution in [0.15, 0.2) is 24.3 Å². The zero-order valence-corrected chi connectivity index (χ0v) is 35.9. The van der Waals surface area contributed by atoms with Crippen LogP contribution in [0.1, 0.15) is 174 Å². The Morgan fingerprint density at radius 2 is 1.20 bits per heavy atom. The van der Waals surface area contributed by atoms with Crippen LogP contribution in [-0.4, -0.2) is 81.4 Å². The molecule has 1 N–H and O–H groups in total. The molecular weight excluding hydrogens is 709 g/mol. The number of quaternary nitrogens is 1. The average molecular weight is 790 g/mol. The minimum Gasteiger partial charge on any atom is -0.756 e. The summed E-state index contributed by atoms with van der Waals surface area (Å²) in [7, 11) is 1.11. The number of phosphoric ester groups is 1. The zero-order valence-electron chi connectivity index (χ0n) is 35.0. The second kappa shape index (κ2) is 35.8. The van der Waals surface area contributed by atoms with Gasteiger partial charge < -0.3 is 27.9 Å². The fourth-order valence-electron chi connectivity index (χ4n) is 5.75. The third-order valence-corrected chi connectivity index (χ3v) is 10.2. The molecule has 0 aliphatic carbocycles. The summed E-state index contributed by atoms with van der Waals surface area (Å²) in [6, 6.07) is 0. The molecule has 1 unspecified atom stereocenters. The minimum absolute atomic E-state index is 0.0458. The predicted molar refractivity (Wildman–Crippen MR) is 216 cm³/mol. The Labute approximate surface area is 329 Å². The largest absolute Gasteiger partial charge is 0.756 e. The second-order valence-corrected chi connectivity index (χ2v) is 17.0. The number of hydrogen-bond donors (Lipinski definition) is 1. The van der Waals surface area contributed by atoms with E-state index in [1.807, 2.05) is 39.4 Å². The molecule has 0 saturated carbocycles. The monoisotopic (exact) mass is 790 g/mol. The van der Waals surface area contributed by atoms with Crippen molar-refractivity contribution in [2.75, 3.05) is 47.5 Å². The van der Waals surface area contributed by atoms with Gasteiger partial charge in [-0.05, 0) is 32.1 Å². The Kier molecular flexibility index (Phi) is 34.7. The number of phosphoric acid groups is 1. The lowest BCUT2D eigenvalue weighted by Crippen LogP contribution is -2.37. The lowest BCUT2D eigenvalue weighted by Gasteiger charge is -2.28. The van der Waals surface area contributed by atoms with E-state index in [4.69, 9.17) is 23.8 Å². The van der Waals surface area contributed by atoms with E-state index in [2.05, 4.69) is 24.8 Å². The smallest absolute Gasteiger partial charge is 0.306 e. The van der Waals surface area contributed by atoms with E-state index in [1.54, 1.807) is 0 Å². The van der Waals surface area contributed by atoms with E-state index in [-0.39, 0.29) is 32.2 Å². The van der Waals surface area contributed by atoms with Crippen LogP contribution in [0.5, 0.6) is 0 Å². The number of esters is 2. The first-order chi connectivity index (χ1) is 25.9. The van der Waals surface area contributed by atoms with Gasteiger partial charge in [0, 0.05) is 12.8 Å². The van der Waals surface area contributed by atoms with Crippen molar-refractivity contribution in [3.63, 3.8) is 0 Å². The maximum atomic E-state index is 12.7. The maximum Gasteiger partial charge on any atom is 0.306 e. The average Bonchev–Trinajstić information content (AvgIpc) is 3.12. The molecule has 0 fully saturated rings. The van der Waals surface area contributed by atoms with Crippen molar-refractivity contribution in [1.82, 2.24) is 0 Å². The van der Waals surface area contributed by atoms with E-state index >= 15 is 0 Å². The summed E-state index contributed by atoms with van der Waals surface area (Å²) in [5.74, 6) is -0.891. The van der Waals surface area contributed by atoms with Crippen molar-refractivity contribution >= 4 is 19.8 Å². The number of nitrogens with zero attached hydrogens (tertiary/aromatic N) is 1. The van der Waals surface area contributed by atoms with Gasteiger partial charge in [0.05, 0.1) is 27.7 Å². The Morgan fingerprint density at radius 1 is 0.685 bits per heavy atom. The first kappa shape index (κ1) is 52.4. The SMILES string of the molecule is CCCCCCCCCCCCCCCC(=O)OC[C@H](COP(=O)([O-])OCC[N+](C)(C)C)OC(=O)CCCCCCC/C=C/C=C/[C@H](CCCCC)OO. The molecule has 0 bridgehead atoms. The maximum absolute atomic E-state index is 12.7. The number of rotatable bonds is 39.